The van der Waals surface area contributed by atoms with Crippen molar-refractivity contribution in [2.24, 2.45) is 0 Å². The number of hydrogen-bond acceptors (Lipinski definition) is 5. The molecular weight excluding hydrogens is 318 g/mol. The van der Waals surface area contributed by atoms with Gasteiger partial charge in [0, 0.05) is 51.4 Å². The zero-order valence-electron chi connectivity index (χ0n) is 15.7. The number of likely N-dealkylation sites (tertiary alicyclic amines) is 1. The van der Waals surface area contributed by atoms with Crippen molar-refractivity contribution in [3.63, 3.8) is 0 Å². The molecule has 2 amide bonds. The van der Waals surface area contributed by atoms with Crippen molar-refractivity contribution in [3.8, 4) is 0 Å². The molecule has 2 heterocycles. The van der Waals surface area contributed by atoms with E-state index in [1.54, 1.807) is 26.0 Å². The number of piperidine rings is 1. The van der Waals surface area contributed by atoms with E-state index in [9.17, 15) is 9.59 Å². The first-order valence-electron chi connectivity index (χ1n) is 8.86. The van der Waals surface area contributed by atoms with Crippen LogP contribution in [-0.2, 0) is 16.0 Å². The van der Waals surface area contributed by atoms with Gasteiger partial charge >= 0.3 is 0 Å². The lowest BCUT2D eigenvalue weighted by Gasteiger charge is -2.32. The molecule has 7 heteroatoms. The third-order valence-corrected chi connectivity index (χ3v) is 4.58. The number of aryl methyl sites for hydroxylation is 2. The molecule has 1 aromatic rings. The molecule has 25 heavy (non-hydrogen) atoms. The summed E-state index contributed by atoms with van der Waals surface area (Å²) in [6, 6.07) is 2.03. The molecule has 7 nitrogen and oxygen atoms in total. The quantitative estimate of drug-likeness (QED) is 0.821. The van der Waals surface area contributed by atoms with Gasteiger partial charge < -0.3 is 10.2 Å². The minimum atomic E-state index is 0.0175. The van der Waals surface area contributed by atoms with E-state index in [4.69, 9.17) is 0 Å². The molecule has 0 radical (unpaired) electrons. The summed E-state index contributed by atoms with van der Waals surface area (Å²) in [5, 5.41) is 2.64. The molecule has 1 aromatic heterocycles. The fraction of sp³-hybridized carbons (Fsp3) is 0.667. The molecule has 2 rings (SSSR count). The van der Waals surface area contributed by atoms with Crippen molar-refractivity contribution in [3.05, 3.63) is 23.3 Å². The van der Waals surface area contributed by atoms with Gasteiger partial charge in [0.15, 0.2) is 0 Å². The Labute approximate surface area is 149 Å². The Balaban J connectivity index is 2.05. The van der Waals surface area contributed by atoms with Gasteiger partial charge in [0.1, 0.15) is 5.82 Å². The molecule has 1 atom stereocenters. The topological polar surface area (TPSA) is 78.4 Å². The Bertz CT molecular complexity index is 617. The Morgan fingerprint density at radius 1 is 1.36 bits per heavy atom. The predicted molar refractivity (Wildman–Crippen MR) is 96.3 cm³/mol. The lowest BCUT2D eigenvalue weighted by Crippen LogP contribution is -2.41. The van der Waals surface area contributed by atoms with Crippen LogP contribution in [0.25, 0.3) is 0 Å². The Morgan fingerprint density at radius 2 is 2.12 bits per heavy atom. The summed E-state index contributed by atoms with van der Waals surface area (Å²) in [5.41, 5.74) is 1.94. The average Bonchev–Trinajstić information content (AvgIpc) is 2.59. The van der Waals surface area contributed by atoms with Crippen LogP contribution in [0.5, 0.6) is 0 Å². The van der Waals surface area contributed by atoms with E-state index in [1.807, 2.05) is 13.0 Å². The van der Waals surface area contributed by atoms with E-state index in [-0.39, 0.29) is 11.8 Å². The first-order chi connectivity index (χ1) is 11.9. The highest BCUT2D eigenvalue weighted by molar-refractivity contribution is 5.77. The van der Waals surface area contributed by atoms with Crippen LogP contribution >= 0.6 is 0 Å². The summed E-state index contributed by atoms with van der Waals surface area (Å²) >= 11 is 0. The third-order valence-electron chi connectivity index (χ3n) is 4.58. The zero-order chi connectivity index (χ0) is 18.4. The molecular formula is C18H29N5O2. The van der Waals surface area contributed by atoms with Crippen molar-refractivity contribution in [2.75, 3.05) is 40.8 Å². The van der Waals surface area contributed by atoms with Crippen LogP contribution in [0.15, 0.2) is 6.07 Å². The van der Waals surface area contributed by atoms with Gasteiger partial charge in [-0.25, -0.2) is 9.97 Å². The maximum atomic E-state index is 12.0. The van der Waals surface area contributed by atoms with Gasteiger partial charge in [0.2, 0.25) is 11.8 Å². The van der Waals surface area contributed by atoms with Crippen molar-refractivity contribution in [2.45, 2.75) is 38.5 Å². The molecule has 1 aliphatic rings. The molecule has 0 aromatic carbocycles. The van der Waals surface area contributed by atoms with Crippen LogP contribution in [0.4, 0.5) is 0 Å². The summed E-state index contributed by atoms with van der Waals surface area (Å²) in [6.45, 7) is 4.13. The maximum absolute atomic E-state index is 12.0. The Hall–Kier alpha value is -2.02. The van der Waals surface area contributed by atoms with Crippen LogP contribution in [0.1, 0.15) is 42.4 Å². The molecule has 0 bridgehead atoms. The van der Waals surface area contributed by atoms with E-state index < -0.39 is 0 Å². The van der Waals surface area contributed by atoms with Gasteiger partial charge in [0.05, 0.1) is 6.54 Å². The number of carbonyl (C=O) groups excluding carboxylic acids is 2. The Kier molecular flexibility index (Phi) is 6.87. The van der Waals surface area contributed by atoms with Crippen molar-refractivity contribution in [1.29, 1.82) is 0 Å². The monoisotopic (exact) mass is 347 g/mol. The molecule has 1 aliphatic heterocycles. The molecule has 0 saturated carbocycles. The largest absolute Gasteiger partial charge is 0.359 e. The lowest BCUT2D eigenvalue weighted by atomic mass is 9.93. The third kappa shape index (κ3) is 5.77. The number of carbonyl (C=O) groups is 2. The smallest absolute Gasteiger partial charge is 0.236 e. The van der Waals surface area contributed by atoms with Gasteiger partial charge in [0.25, 0.3) is 0 Å². The van der Waals surface area contributed by atoms with Crippen molar-refractivity contribution >= 4 is 11.8 Å². The summed E-state index contributed by atoms with van der Waals surface area (Å²) in [7, 11) is 5.22. The molecule has 0 unspecified atom stereocenters. The summed E-state index contributed by atoms with van der Waals surface area (Å²) in [5.74, 6) is 1.20. The number of aromatic nitrogens is 2. The summed E-state index contributed by atoms with van der Waals surface area (Å²) in [4.78, 5) is 36.3. The number of nitrogens with one attached hydrogen (secondary N) is 1. The minimum absolute atomic E-state index is 0.0175. The Morgan fingerprint density at radius 3 is 2.80 bits per heavy atom. The lowest BCUT2D eigenvalue weighted by molar-refractivity contribution is -0.130. The van der Waals surface area contributed by atoms with Crippen LogP contribution < -0.4 is 5.32 Å². The zero-order valence-corrected chi connectivity index (χ0v) is 15.7. The average molecular weight is 347 g/mol. The number of amides is 2. The van der Waals surface area contributed by atoms with Crippen LogP contribution in [0.2, 0.25) is 0 Å². The van der Waals surface area contributed by atoms with Crippen LogP contribution in [0, 0.1) is 6.92 Å². The number of likely N-dealkylation sites (N-methyl/N-ethyl adjacent to an activating group) is 1. The SMILES string of the molecule is CNC(=O)CCc1cc([C@@H]2CCCN(CC(=O)N(C)C)C2)nc(C)n1. The highest BCUT2D eigenvalue weighted by Crippen LogP contribution is 2.26. The molecule has 1 N–H and O–H groups in total. The minimum Gasteiger partial charge on any atom is -0.359 e. The van der Waals surface area contributed by atoms with Gasteiger partial charge in [-0.3, -0.25) is 14.5 Å². The standard InChI is InChI=1S/C18H29N5O2/c1-13-20-15(7-8-17(24)19-2)10-16(21-13)14-6-5-9-23(11-14)12-18(25)22(3)4/h10,14H,5-9,11-12H2,1-4H3,(H,19,24)/t14-/m1/s1. The number of rotatable bonds is 6. The second-order valence-corrected chi connectivity index (χ2v) is 6.87. The normalized spacial score (nSPS) is 18.0. The molecule has 138 valence electrons. The first-order valence-corrected chi connectivity index (χ1v) is 8.86. The summed E-state index contributed by atoms with van der Waals surface area (Å²) in [6.07, 6.45) is 3.17. The van der Waals surface area contributed by atoms with Gasteiger partial charge in [-0.1, -0.05) is 0 Å². The summed E-state index contributed by atoms with van der Waals surface area (Å²) < 4.78 is 0. The van der Waals surface area contributed by atoms with Gasteiger partial charge in [-0.05, 0) is 38.8 Å². The van der Waals surface area contributed by atoms with Gasteiger partial charge in [-0.2, -0.15) is 0 Å². The predicted octanol–water partition coefficient (Wildman–Crippen LogP) is 0.731. The van der Waals surface area contributed by atoms with E-state index in [1.165, 1.54) is 0 Å². The van der Waals surface area contributed by atoms with Crippen molar-refractivity contribution < 1.29 is 9.59 Å². The van der Waals surface area contributed by atoms with E-state index >= 15 is 0 Å². The van der Waals surface area contributed by atoms with E-state index in [0.29, 0.717) is 25.3 Å². The van der Waals surface area contributed by atoms with Crippen molar-refractivity contribution in [1.82, 2.24) is 25.1 Å². The van der Waals surface area contributed by atoms with E-state index in [0.717, 1.165) is 43.1 Å². The highest BCUT2D eigenvalue weighted by Gasteiger charge is 2.24. The van der Waals surface area contributed by atoms with Crippen LogP contribution in [0.3, 0.4) is 0 Å². The number of hydrogen-bond donors (Lipinski definition) is 1. The number of nitrogens with zero attached hydrogens (tertiary/aromatic N) is 4. The second-order valence-electron chi connectivity index (χ2n) is 6.87. The fourth-order valence-corrected chi connectivity index (χ4v) is 3.13. The molecule has 0 spiro atoms. The highest BCUT2D eigenvalue weighted by atomic mass is 16.2. The van der Waals surface area contributed by atoms with E-state index in [2.05, 4.69) is 20.2 Å². The molecule has 0 aliphatic carbocycles. The first kappa shape index (κ1) is 19.3. The molecule has 1 saturated heterocycles. The van der Waals surface area contributed by atoms with Crippen LogP contribution in [-0.4, -0.2) is 72.4 Å². The fourth-order valence-electron chi connectivity index (χ4n) is 3.13. The second kappa shape index (κ2) is 8.89. The maximum Gasteiger partial charge on any atom is 0.236 e. The molecule has 1 fully saturated rings. The van der Waals surface area contributed by atoms with Gasteiger partial charge in [-0.15, -0.1) is 0 Å².